The number of carbonyl (C=O) groups is 1. The number of para-hydroxylation sites is 1. The van der Waals surface area contributed by atoms with E-state index < -0.39 is 5.82 Å². The molecule has 0 saturated carbocycles. The second-order valence-corrected chi connectivity index (χ2v) is 4.87. The Kier molecular flexibility index (Phi) is 6.91. The van der Waals surface area contributed by atoms with E-state index >= 15 is 0 Å². The largest absolute Gasteiger partial charge is 0.324 e. The number of anilines is 1. The van der Waals surface area contributed by atoms with E-state index in [9.17, 15) is 9.18 Å². The molecule has 1 heterocycles. The second-order valence-electron chi connectivity index (χ2n) is 4.87. The smallest absolute Gasteiger partial charge is 0.225 e. The van der Waals surface area contributed by atoms with Gasteiger partial charge in [-0.3, -0.25) is 9.69 Å². The molecule has 1 aliphatic heterocycles. The summed E-state index contributed by atoms with van der Waals surface area (Å²) in [7, 11) is 0. The van der Waals surface area contributed by atoms with Gasteiger partial charge in [-0.1, -0.05) is 12.1 Å². The molecule has 20 heavy (non-hydrogen) atoms. The van der Waals surface area contributed by atoms with Gasteiger partial charge >= 0.3 is 0 Å². The minimum atomic E-state index is -0.397. The molecule has 112 valence electrons. The van der Waals surface area contributed by atoms with Crippen LogP contribution in [0, 0.1) is 5.82 Å². The maximum Gasteiger partial charge on any atom is 0.225 e. The van der Waals surface area contributed by atoms with Crippen LogP contribution in [0.4, 0.5) is 10.1 Å². The molecule has 2 N–H and O–H groups in total. The van der Waals surface area contributed by atoms with Crippen LogP contribution in [-0.4, -0.2) is 43.0 Å². The molecule has 1 amide bonds. The summed E-state index contributed by atoms with van der Waals surface area (Å²) in [6.45, 7) is 5.71. The number of hydrogen-bond donors (Lipinski definition) is 2. The fourth-order valence-corrected chi connectivity index (χ4v) is 2.24. The van der Waals surface area contributed by atoms with Crippen LogP contribution in [0.3, 0.4) is 0 Å². The molecule has 1 atom stereocenters. The number of carbonyl (C=O) groups excluding carboxylic acids is 1. The lowest BCUT2D eigenvalue weighted by Gasteiger charge is -2.33. The number of nitrogens with one attached hydrogen (secondary N) is 2. The van der Waals surface area contributed by atoms with Gasteiger partial charge in [0.25, 0.3) is 0 Å². The van der Waals surface area contributed by atoms with E-state index in [0.29, 0.717) is 19.0 Å². The highest BCUT2D eigenvalue weighted by Gasteiger charge is 2.18. The minimum Gasteiger partial charge on any atom is -0.324 e. The van der Waals surface area contributed by atoms with Crippen LogP contribution in [0.1, 0.15) is 13.3 Å². The summed E-state index contributed by atoms with van der Waals surface area (Å²) >= 11 is 0. The van der Waals surface area contributed by atoms with Gasteiger partial charge in [-0.2, -0.15) is 0 Å². The van der Waals surface area contributed by atoms with Gasteiger partial charge in [-0.25, -0.2) is 4.39 Å². The zero-order valence-electron chi connectivity index (χ0n) is 11.6. The zero-order valence-corrected chi connectivity index (χ0v) is 12.4. The standard InChI is InChI=1S/C14H20FN3O.ClH/c1-11-10-16-7-9-18(11)8-6-14(19)17-13-5-3-2-4-12(13)15;/h2-5,11,16H,6-10H2,1H3,(H,17,19);1H. The molecule has 4 nitrogen and oxygen atoms in total. The molecule has 2 rings (SSSR count). The van der Waals surface area contributed by atoms with Gasteiger partial charge in [0, 0.05) is 38.6 Å². The Hall–Kier alpha value is -1.17. The predicted molar refractivity (Wildman–Crippen MR) is 80.8 cm³/mol. The van der Waals surface area contributed by atoms with E-state index in [2.05, 4.69) is 22.5 Å². The Balaban J connectivity index is 0.00000200. The average molecular weight is 302 g/mol. The van der Waals surface area contributed by atoms with Crippen molar-refractivity contribution in [1.82, 2.24) is 10.2 Å². The van der Waals surface area contributed by atoms with Crippen LogP contribution in [0.2, 0.25) is 0 Å². The number of halogens is 2. The average Bonchev–Trinajstić information content (AvgIpc) is 2.40. The summed E-state index contributed by atoms with van der Waals surface area (Å²) in [5, 5.41) is 5.92. The van der Waals surface area contributed by atoms with Crippen LogP contribution in [0.25, 0.3) is 0 Å². The molecule has 1 fully saturated rings. The predicted octanol–water partition coefficient (Wildman–Crippen LogP) is 1.87. The normalized spacial score (nSPS) is 19.2. The zero-order chi connectivity index (χ0) is 13.7. The van der Waals surface area contributed by atoms with Gasteiger partial charge in [0.05, 0.1) is 5.69 Å². The first kappa shape index (κ1) is 16.9. The quantitative estimate of drug-likeness (QED) is 0.892. The Morgan fingerprint density at radius 3 is 2.95 bits per heavy atom. The van der Waals surface area contributed by atoms with Crippen LogP contribution in [0.15, 0.2) is 24.3 Å². The van der Waals surface area contributed by atoms with Crippen LogP contribution >= 0.6 is 12.4 Å². The third kappa shape index (κ3) is 4.74. The van der Waals surface area contributed by atoms with Gasteiger partial charge in [-0.05, 0) is 19.1 Å². The summed E-state index contributed by atoms with van der Waals surface area (Å²) in [6.07, 6.45) is 0.388. The van der Waals surface area contributed by atoms with Crippen LogP contribution in [-0.2, 0) is 4.79 Å². The van der Waals surface area contributed by atoms with E-state index in [-0.39, 0.29) is 24.0 Å². The molecule has 0 bridgehead atoms. The molecular formula is C14H21ClFN3O. The highest BCUT2D eigenvalue weighted by molar-refractivity contribution is 5.90. The molecule has 1 aromatic rings. The van der Waals surface area contributed by atoms with Crippen LogP contribution < -0.4 is 10.6 Å². The maximum atomic E-state index is 13.4. The van der Waals surface area contributed by atoms with Crippen molar-refractivity contribution in [2.24, 2.45) is 0 Å². The minimum absolute atomic E-state index is 0. The molecule has 0 aliphatic carbocycles. The van der Waals surface area contributed by atoms with Gasteiger partial charge in [0.2, 0.25) is 5.91 Å². The van der Waals surface area contributed by atoms with E-state index in [1.807, 2.05) is 0 Å². The SMILES string of the molecule is CC1CNCCN1CCC(=O)Nc1ccccc1F.Cl. The maximum absolute atomic E-state index is 13.4. The van der Waals surface area contributed by atoms with Gasteiger partial charge < -0.3 is 10.6 Å². The number of nitrogens with zero attached hydrogens (tertiary/aromatic N) is 1. The van der Waals surface area contributed by atoms with Crippen molar-refractivity contribution in [3.8, 4) is 0 Å². The number of hydrogen-bond acceptors (Lipinski definition) is 3. The first-order valence-electron chi connectivity index (χ1n) is 6.66. The summed E-state index contributed by atoms with van der Waals surface area (Å²) in [6, 6.07) is 6.66. The van der Waals surface area contributed by atoms with E-state index in [1.54, 1.807) is 18.2 Å². The van der Waals surface area contributed by atoms with Crippen molar-refractivity contribution in [1.29, 1.82) is 0 Å². The molecule has 1 aromatic carbocycles. The van der Waals surface area contributed by atoms with Gasteiger partial charge in [0.15, 0.2) is 0 Å². The summed E-state index contributed by atoms with van der Waals surface area (Å²) in [5.74, 6) is -0.540. The van der Waals surface area contributed by atoms with Crippen molar-refractivity contribution in [2.45, 2.75) is 19.4 Å². The molecule has 1 saturated heterocycles. The first-order chi connectivity index (χ1) is 9.16. The highest BCUT2D eigenvalue weighted by Crippen LogP contribution is 2.12. The lowest BCUT2D eigenvalue weighted by molar-refractivity contribution is -0.116. The third-order valence-electron chi connectivity index (χ3n) is 3.41. The van der Waals surface area contributed by atoms with Gasteiger partial charge in [-0.15, -0.1) is 12.4 Å². The van der Waals surface area contributed by atoms with Crippen LogP contribution in [0.5, 0.6) is 0 Å². The Labute approximate surface area is 125 Å². The monoisotopic (exact) mass is 301 g/mol. The molecule has 0 radical (unpaired) electrons. The van der Waals surface area contributed by atoms with Crippen molar-refractivity contribution >= 4 is 24.0 Å². The molecule has 6 heteroatoms. The molecule has 1 aliphatic rings. The fraction of sp³-hybridized carbons (Fsp3) is 0.500. The van der Waals surface area contributed by atoms with Gasteiger partial charge in [0.1, 0.15) is 5.82 Å². The lowest BCUT2D eigenvalue weighted by Crippen LogP contribution is -2.50. The number of benzene rings is 1. The molecule has 1 unspecified atom stereocenters. The topological polar surface area (TPSA) is 44.4 Å². The van der Waals surface area contributed by atoms with E-state index in [4.69, 9.17) is 0 Å². The summed E-state index contributed by atoms with van der Waals surface area (Å²) < 4.78 is 13.4. The third-order valence-corrected chi connectivity index (χ3v) is 3.41. The fourth-order valence-electron chi connectivity index (χ4n) is 2.24. The number of rotatable bonds is 4. The van der Waals surface area contributed by atoms with E-state index in [1.165, 1.54) is 6.07 Å². The Bertz CT molecular complexity index is 444. The Morgan fingerprint density at radius 1 is 1.50 bits per heavy atom. The van der Waals surface area contributed by atoms with Crippen molar-refractivity contribution < 1.29 is 9.18 Å². The molecular weight excluding hydrogens is 281 g/mol. The first-order valence-corrected chi connectivity index (χ1v) is 6.66. The number of piperazine rings is 1. The molecule has 0 spiro atoms. The Morgan fingerprint density at radius 2 is 2.25 bits per heavy atom. The summed E-state index contributed by atoms with van der Waals surface area (Å²) in [4.78, 5) is 14.1. The lowest BCUT2D eigenvalue weighted by atomic mass is 10.2. The van der Waals surface area contributed by atoms with E-state index in [0.717, 1.165) is 19.6 Å². The highest BCUT2D eigenvalue weighted by atomic mass is 35.5. The summed E-state index contributed by atoms with van der Waals surface area (Å²) in [5.41, 5.74) is 0.251. The molecule has 0 aromatic heterocycles. The van der Waals surface area contributed by atoms with Crippen molar-refractivity contribution in [3.63, 3.8) is 0 Å². The second kappa shape index (κ2) is 8.19. The van der Waals surface area contributed by atoms with Crippen molar-refractivity contribution in [2.75, 3.05) is 31.5 Å². The number of amides is 1. The van der Waals surface area contributed by atoms with Crippen molar-refractivity contribution in [3.05, 3.63) is 30.1 Å².